The van der Waals surface area contributed by atoms with Gasteiger partial charge >= 0.3 is 0 Å². The fraction of sp³-hybridized carbons (Fsp3) is 0.562. The lowest BCUT2D eigenvalue weighted by Crippen LogP contribution is -2.19. The first kappa shape index (κ1) is 14.4. The Balaban J connectivity index is 2.25. The highest BCUT2D eigenvalue weighted by Crippen LogP contribution is 2.32. The summed E-state index contributed by atoms with van der Waals surface area (Å²) < 4.78 is 5.73. The Labute approximate surface area is 120 Å². The molecule has 0 amide bonds. The van der Waals surface area contributed by atoms with Crippen molar-refractivity contribution >= 4 is 17.4 Å². The third-order valence-electron chi connectivity index (χ3n) is 3.55. The minimum Gasteiger partial charge on any atom is -0.490 e. The summed E-state index contributed by atoms with van der Waals surface area (Å²) in [6, 6.07) is 5.32. The molecule has 2 nitrogen and oxygen atoms in total. The molecule has 0 aromatic heterocycles. The number of benzene rings is 1. The van der Waals surface area contributed by atoms with Gasteiger partial charge in [-0.1, -0.05) is 30.9 Å². The van der Waals surface area contributed by atoms with Crippen molar-refractivity contribution < 1.29 is 9.53 Å². The van der Waals surface area contributed by atoms with Crippen LogP contribution in [0.2, 0.25) is 5.02 Å². The summed E-state index contributed by atoms with van der Waals surface area (Å²) >= 11 is 6.03. The summed E-state index contributed by atoms with van der Waals surface area (Å²) in [6.45, 7) is 3.92. The predicted octanol–water partition coefficient (Wildman–Crippen LogP) is 4.89. The number of carbonyl (C=O) groups excluding carboxylic acids is 1. The first-order valence-corrected chi connectivity index (χ1v) is 7.46. The topological polar surface area (TPSA) is 26.3 Å². The van der Waals surface area contributed by atoms with E-state index in [0.717, 1.165) is 25.7 Å². The third kappa shape index (κ3) is 3.73. The maximum absolute atomic E-state index is 12.6. The highest BCUT2D eigenvalue weighted by molar-refractivity contribution is 6.31. The lowest BCUT2D eigenvalue weighted by molar-refractivity contribution is 0.0883. The number of rotatable bonds is 4. The molecule has 0 saturated heterocycles. The van der Waals surface area contributed by atoms with E-state index in [1.54, 1.807) is 18.2 Å². The molecule has 0 bridgehead atoms. The van der Waals surface area contributed by atoms with Crippen molar-refractivity contribution in [2.45, 2.75) is 52.1 Å². The van der Waals surface area contributed by atoms with Gasteiger partial charge in [-0.15, -0.1) is 0 Å². The lowest BCUT2D eigenvalue weighted by Gasteiger charge is -2.22. The maximum Gasteiger partial charge on any atom is 0.169 e. The second-order valence-electron chi connectivity index (χ2n) is 5.51. The van der Waals surface area contributed by atoms with E-state index in [9.17, 15) is 4.79 Å². The maximum atomic E-state index is 12.6. The molecule has 1 aromatic rings. The van der Waals surface area contributed by atoms with E-state index in [1.807, 2.05) is 13.8 Å². The van der Waals surface area contributed by atoms with Crippen LogP contribution in [0.25, 0.3) is 0 Å². The molecule has 0 atom stereocenters. The minimum absolute atomic E-state index is 0.0547. The van der Waals surface area contributed by atoms with E-state index in [4.69, 9.17) is 16.3 Å². The second kappa shape index (κ2) is 6.42. The van der Waals surface area contributed by atoms with Crippen LogP contribution in [-0.4, -0.2) is 11.9 Å². The summed E-state index contributed by atoms with van der Waals surface area (Å²) in [5.41, 5.74) is 0.646. The van der Waals surface area contributed by atoms with Gasteiger partial charge in [0.05, 0.1) is 11.7 Å². The zero-order chi connectivity index (χ0) is 13.8. The quantitative estimate of drug-likeness (QED) is 0.734. The van der Waals surface area contributed by atoms with Gasteiger partial charge in [-0.2, -0.15) is 0 Å². The van der Waals surface area contributed by atoms with Crippen LogP contribution in [0.15, 0.2) is 18.2 Å². The van der Waals surface area contributed by atoms with Crippen LogP contribution in [0.4, 0.5) is 0 Å². The zero-order valence-corrected chi connectivity index (χ0v) is 12.4. The highest BCUT2D eigenvalue weighted by Gasteiger charge is 2.25. The highest BCUT2D eigenvalue weighted by atomic mass is 35.5. The Hall–Kier alpha value is -1.02. The second-order valence-corrected chi connectivity index (χ2v) is 5.94. The Morgan fingerprint density at radius 3 is 2.58 bits per heavy atom. The fourth-order valence-electron chi connectivity index (χ4n) is 2.64. The normalized spacial score (nSPS) is 16.6. The van der Waals surface area contributed by atoms with Gasteiger partial charge in [0.15, 0.2) is 5.78 Å². The molecular formula is C16H21ClO2. The van der Waals surface area contributed by atoms with Gasteiger partial charge in [0.2, 0.25) is 0 Å². The number of Topliss-reactive ketones (excluding diaryl/α,β-unsaturated/α-hetero) is 1. The molecule has 0 unspecified atom stereocenters. The molecule has 3 heteroatoms. The number of hydrogen-bond donors (Lipinski definition) is 0. The summed E-state index contributed by atoms with van der Waals surface area (Å²) in [7, 11) is 0. The lowest BCUT2D eigenvalue weighted by atomic mass is 9.83. The summed E-state index contributed by atoms with van der Waals surface area (Å²) in [5, 5.41) is 0.593. The Morgan fingerprint density at radius 2 is 1.95 bits per heavy atom. The van der Waals surface area contributed by atoms with Crippen molar-refractivity contribution in [1.82, 2.24) is 0 Å². The van der Waals surface area contributed by atoms with Crippen molar-refractivity contribution in [3.8, 4) is 5.75 Å². The number of halogens is 1. The molecule has 1 fully saturated rings. The molecule has 0 radical (unpaired) electrons. The van der Waals surface area contributed by atoms with Crippen LogP contribution in [0.1, 0.15) is 56.3 Å². The first-order chi connectivity index (χ1) is 9.08. The molecule has 0 aliphatic heterocycles. The molecule has 2 rings (SSSR count). The van der Waals surface area contributed by atoms with E-state index in [-0.39, 0.29) is 17.8 Å². The van der Waals surface area contributed by atoms with Gasteiger partial charge < -0.3 is 4.74 Å². The van der Waals surface area contributed by atoms with E-state index in [0.29, 0.717) is 16.3 Å². The molecule has 0 N–H and O–H groups in total. The number of hydrogen-bond acceptors (Lipinski definition) is 2. The van der Waals surface area contributed by atoms with Gasteiger partial charge in [-0.25, -0.2) is 0 Å². The van der Waals surface area contributed by atoms with Crippen LogP contribution in [0.3, 0.4) is 0 Å². The van der Waals surface area contributed by atoms with Crippen molar-refractivity contribution in [1.29, 1.82) is 0 Å². The van der Waals surface area contributed by atoms with Gasteiger partial charge in [-0.3, -0.25) is 4.79 Å². The molecule has 0 spiro atoms. The fourth-order valence-corrected chi connectivity index (χ4v) is 2.81. The Bertz CT molecular complexity index is 448. The molecule has 1 aliphatic rings. The van der Waals surface area contributed by atoms with E-state index in [1.165, 1.54) is 6.42 Å². The monoisotopic (exact) mass is 280 g/mol. The third-order valence-corrected chi connectivity index (χ3v) is 3.78. The summed E-state index contributed by atoms with van der Waals surface area (Å²) in [5.74, 6) is 0.995. The van der Waals surface area contributed by atoms with Gasteiger partial charge in [0.1, 0.15) is 5.75 Å². The molecule has 104 valence electrons. The van der Waals surface area contributed by atoms with Crippen LogP contribution in [0, 0.1) is 5.92 Å². The van der Waals surface area contributed by atoms with Gasteiger partial charge in [0, 0.05) is 10.9 Å². The molecule has 1 aliphatic carbocycles. The average molecular weight is 281 g/mol. The van der Waals surface area contributed by atoms with E-state index >= 15 is 0 Å². The van der Waals surface area contributed by atoms with Crippen molar-refractivity contribution in [2.75, 3.05) is 0 Å². The van der Waals surface area contributed by atoms with Crippen LogP contribution >= 0.6 is 11.6 Å². The SMILES string of the molecule is CC(C)Oc1ccc(Cl)cc1C(=O)C1CCCCC1. The van der Waals surface area contributed by atoms with Crippen LogP contribution < -0.4 is 4.74 Å². The average Bonchev–Trinajstić information content (AvgIpc) is 2.40. The zero-order valence-electron chi connectivity index (χ0n) is 11.6. The molecule has 1 saturated carbocycles. The van der Waals surface area contributed by atoms with Crippen molar-refractivity contribution in [2.24, 2.45) is 5.92 Å². The molecule has 1 aromatic carbocycles. The molecule has 19 heavy (non-hydrogen) atoms. The molecule has 0 heterocycles. The van der Waals surface area contributed by atoms with Crippen molar-refractivity contribution in [3.05, 3.63) is 28.8 Å². The van der Waals surface area contributed by atoms with Crippen LogP contribution in [0.5, 0.6) is 5.75 Å². The first-order valence-electron chi connectivity index (χ1n) is 7.08. The number of ether oxygens (including phenoxy) is 1. The number of ketones is 1. The van der Waals surface area contributed by atoms with E-state index < -0.39 is 0 Å². The minimum atomic E-state index is 0.0547. The smallest absolute Gasteiger partial charge is 0.169 e. The van der Waals surface area contributed by atoms with E-state index in [2.05, 4.69) is 0 Å². The summed E-state index contributed by atoms with van der Waals surface area (Å²) in [6.07, 6.45) is 5.58. The van der Waals surface area contributed by atoms with Crippen LogP contribution in [-0.2, 0) is 0 Å². The standard InChI is InChI=1S/C16H21ClO2/c1-11(2)19-15-9-8-13(17)10-14(15)16(18)12-6-4-3-5-7-12/h8-12H,3-7H2,1-2H3. The summed E-state index contributed by atoms with van der Waals surface area (Å²) in [4.78, 5) is 12.6. The van der Waals surface area contributed by atoms with Gasteiger partial charge in [0.25, 0.3) is 0 Å². The van der Waals surface area contributed by atoms with Crippen molar-refractivity contribution in [3.63, 3.8) is 0 Å². The Kier molecular flexibility index (Phi) is 4.87. The Morgan fingerprint density at radius 1 is 1.26 bits per heavy atom. The predicted molar refractivity (Wildman–Crippen MR) is 78.1 cm³/mol. The molecular weight excluding hydrogens is 260 g/mol. The number of carbonyl (C=O) groups is 1. The largest absolute Gasteiger partial charge is 0.490 e. The van der Waals surface area contributed by atoms with Gasteiger partial charge in [-0.05, 0) is 44.9 Å².